The van der Waals surface area contributed by atoms with E-state index in [1.165, 1.54) is 10.4 Å². The molecule has 7 heteroatoms. The Kier molecular flexibility index (Phi) is 5.18. The molecule has 0 fully saturated rings. The van der Waals surface area contributed by atoms with Crippen molar-refractivity contribution >= 4 is 33.3 Å². The van der Waals surface area contributed by atoms with E-state index in [0.717, 1.165) is 71.9 Å². The van der Waals surface area contributed by atoms with Crippen LogP contribution in [0.1, 0.15) is 54.5 Å². The summed E-state index contributed by atoms with van der Waals surface area (Å²) in [6.07, 6.45) is 6.54. The lowest BCUT2D eigenvalue weighted by Crippen LogP contribution is -2.23. The predicted molar refractivity (Wildman–Crippen MR) is 106 cm³/mol. The van der Waals surface area contributed by atoms with E-state index in [4.69, 9.17) is 9.51 Å². The molecule has 0 amide bonds. The van der Waals surface area contributed by atoms with E-state index in [1.54, 1.807) is 23.1 Å². The fourth-order valence-electron chi connectivity index (χ4n) is 3.51. The summed E-state index contributed by atoms with van der Waals surface area (Å²) < 4.78 is 7.04. The zero-order valence-electron chi connectivity index (χ0n) is 15.2. The number of fused-ring (bicyclic) bond motifs is 3. The van der Waals surface area contributed by atoms with E-state index in [0.29, 0.717) is 5.75 Å². The fraction of sp³-hybridized carbons (Fsp3) is 0.526. The van der Waals surface area contributed by atoms with Crippen molar-refractivity contribution < 1.29 is 4.52 Å². The Morgan fingerprint density at radius 3 is 3.00 bits per heavy atom. The Morgan fingerprint density at radius 2 is 2.23 bits per heavy atom. The largest absolute Gasteiger partial charge is 0.361 e. The second kappa shape index (κ2) is 7.56. The standard InChI is InChI=1S/C19H23N3O2S2/c1-3-4-5-9-22-18(23)16-14-7-6-8-15(14)26-17(16)20-19(22)25-11-13-10-12(2)24-21-13/h10H,3-9,11H2,1-2H3. The zero-order chi connectivity index (χ0) is 18.1. The molecule has 0 N–H and O–H groups in total. The number of rotatable bonds is 7. The number of aryl methyl sites for hydroxylation is 3. The van der Waals surface area contributed by atoms with Crippen LogP contribution in [0.25, 0.3) is 10.2 Å². The molecule has 1 aliphatic rings. The van der Waals surface area contributed by atoms with Crippen molar-refractivity contribution in [2.75, 3.05) is 0 Å². The van der Waals surface area contributed by atoms with Crippen LogP contribution in [0.5, 0.6) is 0 Å². The van der Waals surface area contributed by atoms with Crippen molar-refractivity contribution in [2.45, 2.75) is 69.8 Å². The molecular formula is C19H23N3O2S2. The average molecular weight is 390 g/mol. The van der Waals surface area contributed by atoms with Crippen LogP contribution < -0.4 is 5.56 Å². The van der Waals surface area contributed by atoms with Crippen LogP contribution in [-0.4, -0.2) is 14.7 Å². The summed E-state index contributed by atoms with van der Waals surface area (Å²) in [4.78, 5) is 20.4. The highest BCUT2D eigenvalue weighted by Gasteiger charge is 2.23. The summed E-state index contributed by atoms with van der Waals surface area (Å²) in [5, 5.41) is 5.73. The lowest BCUT2D eigenvalue weighted by Gasteiger charge is -2.11. The number of thioether (sulfide) groups is 1. The molecule has 0 spiro atoms. The minimum Gasteiger partial charge on any atom is -0.361 e. The third-order valence-electron chi connectivity index (χ3n) is 4.80. The second-order valence-electron chi connectivity index (χ2n) is 6.81. The maximum atomic E-state index is 13.3. The van der Waals surface area contributed by atoms with Crippen LogP contribution in [-0.2, 0) is 25.1 Å². The van der Waals surface area contributed by atoms with Crippen molar-refractivity contribution in [3.05, 3.63) is 38.3 Å². The van der Waals surface area contributed by atoms with Crippen molar-refractivity contribution in [1.82, 2.24) is 14.7 Å². The van der Waals surface area contributed by atoms with Crippen molar-refractivity contribution in [2.24, 2.45) is 0 Å². The van der Waals surface area contributed by atoms with Crippen LogP contribution in [0.3, 0.4) is 0 Å². The number of thiophene rings is 1. The average Bonchev–Trinajstić information content (AvgIpc) is 3.31. The van der Waals surface area contributed by atoms with Gasteiger partial charge in [-0.05, 0) is 38.2 Å². The molecule has 0 aliphatic heterocycles. The van der Waals surface area contributed by atoms with Gasteiger partial charge in [0.15, 0.2) is 5.16 Å². The lowest BCUT2D eigenvalue weighted by atomic mass is 10.2. The maximum absolute atomic E-state index is 13.3. The highest BCUT2D eigenvalue weighted by atomic mass is 32.2. The number of hydrogen-bond donors (Lipinski definition) is 0. The summed E-state index contributed by atoms with van der Waals surface area (Å²) in [5.41, 5.74) is 2.29. The number of nitrogens with zero attached hydrogens (tertiary/aromatic N) is 3. The molecule has 4 rings (SSSR count). The molecule has 0 bridgehead atoms. The monoisotopic (exact) mass is 389 g/mol. The van der Waals surface area contributed by atoms with Crippen LogP contribution >= 0.6 is 23.1 Å². The molecule has 3 heterocycles. The SMILES string of the molecule is CCCCCn1c(SCc2cc(C)on2)nc2sc3c(c2c1=O)CCC3. The van der Waals surface area contributed by atoms with E-state index in [2.05, 4.69) is 12.1 Å². The van der Waals surface area contributed by atoms with Crippen LogP contribution in [0.4, 0.5) is 0 Å². The second-order valence-corrected chi connectivity index (χ2v) is 8.84. The smallest absolute Gasteiger partial charge is 0.263 e. The normalized spacial score (nSPS) is 13.6. The fourth-order valence-corrected chi connectivity index (χ4v) is 5.72. The summed E-state index contributed by atoms with van der Waals surface area (Å²) in [7, 11) is 0. The van der Waals surface area contributed by atoms with Crippen LogP contribution in [0.15, 0.2) is 20.5 Å². The molecule has 0 saturated heterocycles. The van der Waals surface area contributed by atoms with E-state index < -0.39 is 0 Å². The minimum atomic E-state index is 0.143. The molecule has 3 aromatic rings. The van der Waals surface area contributed by atoms with E-state index in [1.807, 2.05) is 17.6 Å². The summed E-state index contributed by atoms with van der Waals surface area (Å²) in [6.45, 7) is 4.80. The van der Waals surface area contributed by atoms with Crippen molar-refractivity contribution in [1.29, 1.82) is 0 Å². The molecule has 0 radical (unpaired) electrons. The van der Waals surface area contributed by atoms with Gasteiger partial charge in [-0.25, -0.2) is 4.98 Å². The summed E-state index contributed by atoms with van der Waals surface area (Å²) >= 11 is 3.28. The molecular weight excluding hydrogens is 366 g/mol. The van der Waals surface area contributed by atoms with Gasteiger partial charge < -0.3 is 4.52 Å². The van der Waals surface area contributed by atoms with Crippen LogP contribution in [0, 0.1) is 6.92 Å². The van der Waals surface area contributed by atoms with Gasteiger partial charge in [0, 0.05) is 23.2 Å². The Morgan fingerprint density at radius 1 is 1.35 bits per heavy atom. The molecule has 1 aliphatic carbocycles. The topological polar surface area (TPSA) is 60.9 Å². The van der Waals surface area contributed by atoms with Crippen molar-refractivity contribution in [3.8, 4) is 0 Å². The molecule has 3 aromatic heterocycles. The Labute approximate surface area is 160 Å². The predicted octanol–water partition coefficient (Wildman–Crippen LogP) is 4.73. The first-order valence-electron chi connectivity index (χ1n) is 9.27. The van der Waals surface area contributed by atoms with Gasteiger partial charge in [0.2, 0.25) is 0 Å². The maximum Gasteiger partial charge on any atom is 0.263 e. The Hall–Kier alpha value is -1.60. The summed E-state index contributed by atoms with van der Waals surface area (Å²) in [5.74, 6) is 1.47. The third-order valence-corrected chi connectivity index (χ3v) is 7.00. The third kappa shape index (κ3) is 3.34. The molecule has 0 saturated carbocycles. The summed E-state index contributed by atoms with van der Waals surface area (Å²) in [6, 6.07) is 1.94. The van der Waals surface area contributed by atoms with Gasteiger partial charge in [0.25, 0.3) is 5.56 Å². The first-order chi connectivity index (χ1) is 12.7. The quantitative estimate of drug-likeness (QED) is 0.332. The van der Waals surface area contributed by atoms with Gasteiger partial charge in [-0.3, -0.25) is 9.36 Å². The number of aromatic nitrogens is 3. The van der Waals surface area contributed by atoms with E-state index in [9.17, 15) is 4.79 Å². The van der Waals surface area contributed by atoms with Gasteiger partial charge in [-0.2, -0.15) is 0 Å². The minimum absolute atomic E-state index is 0.143. The molecule has 0 unspecified atom stereocenters. The Balaban J connectivity index is 1.71. The Bertz CT molecular complexity index is 987. The molecule has 138 valence electrons. The van der Waals surface area contributed by atoms with Crippen molar-refractivity contribution in [3.63, 3.8) is 0 Å². The lowest BCUT2D eigenvalue weighted by molar-refractivity contribution is 0.393. The van der Waals surface area contributed by atoms with E-state index >= 15 is 0 Å². The van der Waals surface area contributed by atoms with Crippen LogP contribution in [0.2, 0.25) is 0 Å². The highest BCUT2D eigenvalue weighted by molar-refractivity contribution is 7.98. The first kappa shape index (κ1) is 17.8. The highest BCUT2D eigenvalue weighted by Crippen LogP contribution is 2.36. The molecule has 5 nitrogen and oxygen atoms in total. The molecule has 0 aromatic carbocycles. The van der Waals surface area contributed by atoms with Gasteiger partial charge in [0.1, 0.15) is 10.6 Å². The van der Waals surface area contributed by atoms with E-state index in [-0.39, 0.29) is 5.56 Å². The molecule has 26 heavy (non-hydrogen) atoms. The number of unbranched alkanes of at least 4 members (excludes halogenated alkanes) is 2. The number of hydrogen-bond acceptors (Lipinski definition) is 6. The first-order valence-corrected chi connectivity index (χ1v) is 11.1. The van der Waals surface area contributed by atoms with Gasteiger partial charge >= 0.3 is 0 Å². The van der Waals surface area contributed by atoms with Gasteiger partial charge in [-0.15, -0.1) is 11.3 Å². The zero-order valence-corrected chi connectivity index (χ0v) is 16.8. The molecule has 0 atom stereocenters. The van der Waals surface area contributed by atoms with Gasteiger partial charge in [-0.1, -0.05) is 36.7 Å². The van der Waals surface area contributed by atoms with Gasteiger partial charge in [0.05, 0.1) is 11.1 Å².